The highest BCUT2D eigenvalue weighted by Crippen LogP contribution is 2.10. The third-order valence-electron chi connectivity index (χ3n) is 2.28. The third kappa shape index (κ3) is 2.73. The molecule has 1 aromatic carbocycles. The Morgan fingerprint density at radius 3 is 2.61 bits per heavy atom. The van der Waals surface area contributed by atoms with Crippen LogP contribution in [0.25, 0.3) is 0 Å². The molecular formula is C12H11N3O3. The van der Waals surface area contributed by atoms with Crippen molar-refractivity contribution in [2.75, 3.05) is 5.32 Å². The van der Waals surface area contributed by atoms with Gasteiger partial charge in [-0.3, -0.25) is 14.6 Å². The van der Waals surface area contributed by atoms with E-state index in [4.69, 9.17) is 0 Å². The molecule has 0 aliphatic carbocycles. The van der Waals surface area contributed by atoms with Crippen LogP contribution >= 0.6 is 0 Å². The summed E-state index contributed by atoms with van der Waals surface area (Å²) in [6, 6.07) is 8.22. The molecule has 2 aromatic rings. The average Bonchev–Trinajstić information content (AvgIpc) is 2.27. The number of carbonyl (C=O) groups excluding carboxylic acids is 1. The van der Waals surface area contributed by atoms with Gasteiger partial charge in [0.1, 0.15) is 5.69 Å². The van der Waals surface area contributed by atoms with Crippen LogP contribution in [0.2, 0.25) is 0 Å². The smallest absolute Gasteiger partial charge is 0.321 e. The summed E-state index contributed by atoms with van der Waals surface area (Å²) in [4.78, 5) is 38.1. The van der Waals surface area contributed by atoms with Crippen molar-refractivity contribution in [2.24, 2.45) is 0 Å². The fourth-order valence-electron chi connectivity index (χ4n) is 1.51. The Hall–Kier alpha value is -2.63. The number of amides is 1. The van der Waals surface area contributed by atoms with Gasteiger partial charge in [-0.25, -0.2) is 4.79 Å². The predicted molar refractivity (Wildman–Crippen MR) is 66.8 cm³/mol. The Labute approximate surface area is 102 Å². The van der Waals surface area contributed by atoms with Crippen molar-refractivity contribution in [3.05, 3.63) is 62.4 Å². The van der Waals surface area contributed by atoms with Crippen LogP contribution in [0.5, 0.6) is 0 Å². The number of hydrogen-bond acceptors (Lipinski definition) is 3. The van der Waals surface area contributed by atoms with Gasteiger partial charge in [0.25, 0.3) is 11.5 Å². The monoisotopic (exact) mass is 245 g/mol. The SMILES string of the molecule is Cc1cccc(NC(=O)c2cc(=O)[nH]c(=O)[nH]2)c1. The molecule has 0 aliphatic heterocycles. The number of aromatic amines is 2. The summed E-state index contributed by atoms with van der Waals surface area (Å²) < 4.78 is 0. The molecule has 0 fully saturated rings. The van der Waals surface area contributed by atoms with Crippen LogP contribution in [0.1, 0.15) is 16.1 Å². The molecule has 0 spiro atoms. The van der Waals surface area contributed by atoms with Gasteiger partial charge in [0.15, 0.2) is 0 Å². The van der Waals surface area contributed by atoms with Crippen LogP contribution in [-0.4, -0.2) is 15.9 Å². The molecular weight excluding hydrogens is 234 g/mol. The summed E-state index contributed by atoms with van der Waals surface area (Å²) in [6.45, 7) is 1.89. The van der Waals surface area contributed by atoms with Crippen molar-refractivity contribution in [1.82, 2.24) is 9.97 Å². The molecule has 0 atom stereocenters. The first-order valence-corrected chi connectivity index (χ1v) is 5.26. The highest BCUT2D eigenvalue weighted by atomic mass is 16.2. The van der Waals surface area contributed by atoms with Crippen molar-refractivity contribution in [3.8, 4) is 0 Å². The van der Waals surface area contributed by atoms with Crippen molar-refractivity contribution >= 4 is 11.6 Å². The number of carbonyl (C=O) groups is 1. The lowest BCUT2D eigenvalue weighted by atomic mass is 10.2. The maximum absolute atomic E-state index is 11.8. The van der Waals surface area contributed by atoms with E-state index in [-0.39, 0.29) is 5.69 Å². The summed E-state index contributed by atoms with van der Waals surface area (Å²) in [5.74, 6) is -0.538. The number of aryl methyl sites for hydroxylation is 1. The Kier molecular flexibility index (Phi) is 3.09. The van der Waals surface area contributed by atoms with E-state index in [1.54, 1.807) is 18.2 Å². The minimum Gasteiger partial charge on any atom is -0.321 e. The second kappa shape index (κ2) is 4.70. The molecule has 0 unspecified atom stereocenters. The van der Waals surface area contributed by atoms with Crippen molar-refractivity contribution in [2.45, 2.75) is 6.92 Å². The van der Waals surface area contributed by atoms with Crippen LogP contribution in [0.4, 0.5) is 5.69 Å². The zero-order valence-corrected chi connectivity index (χ0v) is 9.61. The van der Waals surface area contributed by atoms with E-state index in [1.807, 2.05) is 18.0 Å². The fourth-order valence-corrected chi connectivity index (χ4v) is 1.51. The molecule has 0 aliphatic rings. The number of H-pyrrole nitrogens is 2. The summed E-state index contributed by atoms with van der Waals surface area (Å²) in [7, 11) is 0. The molecule has 6 heteroatoms. The number of nitrogens with one attached hydrogen (secondary N) is 3. The minimum atomic E-state index is -0.711. The molecule has 18 heavy (non-hydrogen) atoms. The topological polar surface area (TPSA) is 94.8 Å². The van der Waals surface area contributed by atoms with Crippen LogP contribution in [0.3, 0.4) is 0 Å². The summed E-state index contributed by atoms with van der Waals surface area (Å²) in [6.07, 6.45) is 0. The molecule has 0 bridgehead atoms. The van der Waals surface area contributed by atoms with E-state index in [9.17, 15) is 14.4 Å². The van der Waals surface area contributed by atoms with Gasteiger partial charge in [-0.1, -0.05) is 12.1 Å². The van der Waals surface area contributed by atoms with Gasteiger partial charge in [-0.15, -0.1) is 0 Å². The quantitative estimate of drug-likeness (QED) is 0.724. The van der Waals surface area contributed by atoms with Crippen molar-refractivity contribution in [1.29, 1.82) is 0 Å². The number of hydrogen-bond donors (Lipinski definition) is 3. The van der Waals surface area contributed by atoms with E-state index in [2.05, 4.69) is 10.3 Å². The second-order valence-corrected chi connectivity index (χ2v) is 3.82. The fraction of sp³-hybridized carbons (Fsp3) is 0.0833. The van der Waals surface area contributed by atoms with Crippen LogP contribution in [-0.2, 0) is 0 Å². The Bertz CT molecular complexity index is 672. The highest BCUT2D eigenvalue weighted by molar-refractivity contribution is 6.02. The maximum atomic E-state index is 11.8. The van der Waals surface area contributed by atoms with E-state index < -0.39 is 17.2 Å². The van der Waals surface area contributed by atoms with Crippen LogP contribution in [0.15, 0.2) is 39.9 Å². The van der Waals surface area contributed by atoms with E-state index >= 15 is 0 Å². The molecule has 1 aromatic heterocycles. The third-order valence-corrected chi connectivity index (χ3v) is 2.28. The van der Waals surface area contributed by atoms with Crippen LogP contribution in [0, 0.1) is 6.92 Å². The lowest BCUT2D eigenvalue weighted by Gasteiger charge is -2.05. The van der Waals surface area contributed by atoms with E-state index in [1.165, 1.54) is 0 Å². The van der Waals surface area contributed by atoms with Crippen molar-refractivity contribution in [3.63, 3.8) is 0 Å². The van der Waals surface area contributed by atoms with Crippen LogP contribution < -0.4 is 16.6 Å². The number of aromatic nitrogens is 2. The van der Waals surface area contributed by atoms with Gasteiger partial charge in [0.2, 0.25) is 0 Å². The predicted octanol–water partition coefficient (Wildman–Crippen LogP) is 0.624. The van der Waals surface area contributed by atoms with Gasteiger partial charge in [-0.05, 0) is 24.6 Å². The standard InChI is InChI=1S/C12H11N3O3/c1-7-3-2-4-8(5-7)13-11(17)9-6-10(16)15-12(18)14-9/h2-6H,1H3,(H,13,17)(H2,14,15,16,18). The van der Waals surface area contributed by atoms with Crippen molar-refractivity contribution < 1.29 is 4.79 Å². The second-order valence-electron chi connectivity index (χ2n) is 3.82. The summed E-state index contributed by atoms with van der Waals surface area (Å²) in [5.41, 5.74) is 0.184. The first-order valence-electron chi connectivity index (χ1n) is 5.26. The highest BCUT2D eigenvalue weighted by Gasteiger charge is 2.08. The minimum absolute atomic E-state index is 0.0785. The first-order chi connectivity index (χ1) is 8.54. The number of rotatable bonds is 2. The molecule has 1 heterocycles. The average molecular weight is 245 g/mol. The normalized spacial score (nSPS) is 10.1. The van der Waals surface area contributed by atoms with Gasteiger partial charge < -0.3 is 10.3 Å². The lowest BCUT2D eigenvalue weighted by molar-refractivity contribution is 0.102. The van der Waals surface area contributed by atoms with Gasteiger partial charge >= 0.3 is 5.69 Å². The number of benzene rings is 1. The van der Waals surface area contributed by atoms with E-state index in [0.29, 0.717) is 5.69 Å². The zero-order valence-electron chi connectivity index (χ0n) is 9.61. The molecule has 92 valence electrons. The Balaban J connectivity index is 2.27. The first kappa shape index (κ1) is 11.8. The molecule has 0 radical (unpaired) electrons. The molecule has 2 rings (SSSR count). The summed E-state index contributed by atoms with van der Waals surface area (Å²) >= 11 is 0. The lowest BCUT2D eigenvalue weighted by Crippen LogP contribution is -2.27. The maximum Gasteiger partial charge on any atom is 0.326 e. The van der Waals surface area contributed by atoms with Gasteiger partial charge in [0, 0.05) is 11.8 Å². The largest absolute Gasteiger partial charge is 0.326 e. The molecule has 0 saturated carbocycles. The molecule has 1 amide bonds. The summed E-state index contributed by atoms with van der Waals surface area (Å²) in [5, 5.41) is 2.59. The molecule has 0 saturated heterocycles. The van der Waals surface area contributed by atoms with Gasteiger partial charge in [-0.2, -0.15) is 0 Å². The zero-order chi connectivity index (χ0) is 13.1. The number of anilines is 1. The molecule has 6 nitrogen and oxygen atoms in total. The Morgan fingerprint density at radius 2 is 1.94 bits per heavy atom. The van der Waals surface area contributed by atoms with Gasteiger partial charge in [0.05, 0.1) is 0 Å². The molecule has 3 N–H and O–H groups in total. The Morgan fingerprint density at radius 1 is 1.17 bits per heavy atom. The van der Waals surface area contributed by atoms with E-state index in [0.717, 1.165) is 11.6 Å².